The third-order valence-corrected chi connectivity index (χ3v) is 8.51. The van der Waals surface area contributed by atoms with Gasteiger partial charge in [-0.2, -0.15) is 9.78 Å². The molecule has 2 heterocycles. The molecular formula is C27H30ClN4O2S-. The molecule has 1 saturated carbocycles. The van der Waals surface area contributed by atoms with Gasteiger partial charge in [0, 0.05) is 18.1 Å². The topological polar surface area (TPSA) is 50.6 Å². The standard InChI is InChI=1S/C27H30ClN4O2S/c1-35(20-21-8-7-9-22(28)18-21)31-16-14-30(15-17-31)25-19-29-32(23-10-3-2-4-11-23)27(33)26(25)34-24-12-5-6-13-24/h1-4,7-11,18-19,24H,5-6,12-17,20H2/q-1. The number of para-hydroxylation sites is 1. The number of halogens is 1. The van der Waals surface area contributed by atoms with Crippen molar-refractivity contribution in [3.63, 3.8) is 0 Å². The highest BCUT2D eigenvalue weighted by Crippen LogP contribution is 2.30. The predicted molar refractivity (Wildman–Crippen MR) is 144 cm³/mol. The molecule has 0 unspecified atom stereocenters. The molecule has 1 aliphatic carbocycles. The first-order valence-electron chi connectivity index (χ1n) is 12.1. The lowest BCUT2D eigenvalue weighted by atomic mass is 10.2. The van der Waals surface area contributed by atoms with E-state index in [1.165, 1.54) is 4.68 Å². The first-order chi connectivity index (χ1) is 17.1. The number of hydrogen-bond donors (Lipinski definition) is 0. The molecule has 0 atom stereocenters. The van der Waals surface area contributed by atoms with Crippen LogP contribution in [0.1, 0.15) is 31.2 Å². The smallest absolute Gasteiger partial charge is 0.316 e. The van der Waals surface area contributed by atoms with Crippen LogP contribution in [0.25, 0.3) is 5.69 Å². The summed E-state index contributed by atoms with van der Waals surface area (Å²) in [4.78, 5) is 15.7. The number of rotatable bonds is 5. The summed E-state index contributed by atoms with van der Waals surface area (Å²) in [6.45, 7) is 3.14. The van der Waals surface area contributed by atoms with Gasteiger partial charge in [0.2, 0.25) is 5.75 Å². The first kappa shape index (κ1) is 24.0. The van der Waals surface area contributed by atoms with E-state index in [4.69, 9.17) is 22.0 Å². The Kier molecular flexibility index (Phi) is 7.49. The first-order valence-corrected chi connectivity index (χ1v) is 13.9. The van der Waals surface area contributed by atoms with Gasteiger partial charge in [0.25, 0.3) is 0 Å². The summed E-state index contributed by atoms with van der Waals surface area (Å²) in [5.41, 5.74) is 9.02. The molecule has 35 heavy (non-hydrogen) atoms. The molecule has 0 radical (unpaired) electrons. The molecule has 2 fully saturated rings. The molecule has 6 nitrogen and oxygen atoms in total. The Morgan fingerprint density at radius 2 is 1.77 bits per heavy atom. The van der Waals surface area contributed by atoms with E-state index in [9.17, 15) is 4.79 Å². The minimum atomic E-state index is -0.394. The van der Waals surface area contributed by atoms with E-state index in [0.29, 0.717) is 5.75 Å². The Morgan fingerprint density at radius 1 is 1.03 bits per heavy atom. The van der Waals surface area contributed by atoms with E-state index in [1.807, 2.05) is 48.5 Å². The van der Waals surface area contributed by atoms with Crippen molar-refractivity contribution < 1.29 is 4.74 Å². The van der Waals surface area contributed by atoms with Gasteiger partial charge in [0.05, 0.1) is 18.0 Å². The molecule has 2 aliphatic rings. The summed E-state index contributed by atoms with van der Waals surface area (Å²) in [6.07, 6.45) is 6.12. The van der Waals surface area contributed by atoms with Crippen molar-refractivity contribution in [3.05, 3.63) is 81.7 Å². The molecular weight excluding hydrogens is 480 g/mol. The fourth-order valence-corrected chi connectivity index (χ4v) is 6.29. The van der Waals surface area contributed by atoms with Crippen molar-refractivity contribution in [3.8, 4) is 17.1 Å². The second kappa shape index (κ2) is 10.9. The third-order valence-electron chi connectivity index (χ3n) is 6.62. The fraction of sp³-hybridized carbons (Fsp3) is 0.370. The van der Waals surface area contributed by atoms with Crippen LogP contribution in [0.4, 0.5) is 5.69 Å². The number of ether oxygens (including phenoxy) is 1. The van der Waals surface area contributed by atoms with Gasteiger partial charge in [0.1, 0.15) is 5.69 Å². The van der Waals surface area contributed by atoms with Gasteiger partial charge in [-0.1, -0.05) is 53.2 Å². The Bertz CT molecular complexity index is 1290. The largest absolute Gasteiger partial charge is 0.483 e. The molecule has 1 aromatic heterocycles. The second-order valence-electron chi connectivity index (χ2n) is 9.03. The summed E-state index contributed by atoms with van der Waals surface area (Å²) in [6, 6.07) is 17.4. The predicted octanol–water partition coefficient (Wildman–Crippen LogP) is 4.65. The number of aromatic nitrogens is 2. The lowest BCUT2D eigenvalue weighted by Crippen LogP contribution is -2.47. The lowest BCUT2D eigenvalue weighted by Gasteiger charge is -2.44. The van der Waals surface area contributed by atoms with E-state index in [-0.39, 0.29) is 11.7 Å². The summed E-state index contributed by atoms with van der Waals surface area (Å²) in [5, 5.41) is 5.24. The molecule has 2 aromatic carbocycles. The second-order valence-corrected chi connectivity index (χ2v) is 11.1. The zero-order valence-corrected chi connectivity index (χ0v) is 21.3. The van der Waals surface area contributed by atoms with Crippen molar-refractivity contribution in [1.82, 2.24) is 14.1 Å². The third kappa shape index (κ3) is 5.60. The van der Waals surface area contributed by atoms with Crippen molar-refractivity contribution in [2.24, 2.45) is 0 Å². The number of piperazine rings is 1. The Labute approximate surface area is 213 Å². The molecule has 184 valence electrons. The van der Waals surface area contributed by atoms with Gasteiger partial charge in [-0.05, 0) is 63.0 Å². The highest BCUT2D eigenvalue weighted by molar-refractivity contribution is 7.83. The number of nitrogens with zero attached hydrogens (tertiary/aromatic N) is 4. The molecule has 0 N–H and O–H groups in total. The van der Waals surface area contributed by atoms with Crippen LogP contribution in [0.3, 0.4) is 0 Å². The fourth-order valence-electron chi connectivity index (χ4n) is 4.74. The van der Waals surface area contributed by atoms with Crippen molar-refractivity contribution in [2.45, 2.75) is 37.5 Å². The zero-order valence-electron chi connectivity index (χ0n) is 19.7. The van der Waals surface area contributed by atoms with E-state index in [1.54, 1.807) is 6.20 Å². The zero-order chi connectivity index (χ0) is 24.2. The molecule has 1 aliphatic heterocycles. The van der Waals surface area contributed by atoms with Crippen molar-refractivity contribution in [2.75, 3.05) is 31.1 Å². The molecule has 3 aromatic rings. The van der Waals surface area contributed by atoms with E-state index in [0.717, 1.165) is 79.6 Å². The molecule has 0 spiro atoms. The van der Waals surface area contributed by atoms with E-state index >= 15 is 0 Å². The molecule has 8 heteroatoms. The SMILES string of the molecule is C#[S-](Cc1cccc(Cl)c1)N1CCN(c2cnn(-c3ccccc3)c(=O)c2OC2CCCC2)CC1. The maximum Gasteiger partial charge on any atom is 0.316 e. The van der Waals surface area contributed by atoms with Gasteiger partial charge in [-0.15, -0.1) is 0 Å². The van der Waals surface area contributed by atoms with E-state index in [2.05, 4.69) is 20.4 Å². The molecule has 0 amide bonds. The highest BCUT2D eigenvalue weighted by atomic mass is 35.5. The van der Waals surface area contributed by atoms with Gasteiger partial charge in [0.15, 0.2) is 0 Å². The van der Waals surface area contributed by atoms with Crippen LogP contribution in [-0.4, -0.2) is 46.4 Å². The van der Waals surface area contributed by atoms with E-state index < -0.39 is 10.5 Å². The minimum absolute atomic E-state index is 0.0852. The summed E-state index contributed by atoms with van der Waals surface area (Å²) in [7, 11) is -0.394. The van der Waals surface area contributed by atoms with Crippen LogP contribution in [-0.2, 0) is 16.2 Å². The summed E-state index contributed by atoms with van der Waals surface area (Å²) < 4.78 is 10.1. The molecule has 0 bridgehead atoms. The molecule has 5 rings (SSSR count). The molecule has 1 saturated heterocycles. The summed E-state index contributed by atoms with van der Waals surface area (Å²) >= 11 is 6.14. The van der Waals surface area contributed by atoms with Crippen LogP contribution < -0.4 is 15.2 Å². The Hall–Kier alpha value is -2.70. The van der Waals surface area contributed by atoms with Gasteiger partial charge in [-0.3, -0.25) is 4.79 Å². The van der Waals surface area contributed by atoms with Crippen LogP contribution in [0.15, 0.2) is 65.6 Å². The quantitative estimate of drug-likeness (QED) is 0.468. The average molecular weight is 510 g/mol. The highest BCUT2D eigenvalue weighted by Gasteiger charge is 2.25. The van der Waals surface area contributed by atoms with Gasteiger partial charge in [-0.25, -0.2) is 0 Å². The Balaban J connectivity index is 1.34. The Morgan fingerprint density at radius 3 is 2.49 bits per heavy atom. The minimum Gasteiger partial charge on any atom is -0.483 e. The number of benzene rings is 2. The summed E-state index contributed by atoms with van der Waals surface area (Å²) in [5.74, 6) is 1.18. The van der Waals surface area contributed by atoms with Gasteiger partial charge < -0.3 is 30.1 Å². The van der Waals surface area contributed by atoms with Crippen LogP contribution in [0.2, 0.25) is 5.02 Å². The maximum absolute atomic E-state index is 13.5. The normalized spacial score (nSPS) is 17.2. The van der Waals surface area contributed by atoms with Crippen molar-refractivity contribution in [1.29, 1.82) is 0 Å². The van der Waals surface area contributed by atoms with Crippen molar-refractivity contribution >= 4 is 27.8 Å². The number of hydrogen-bond acceptors (Lipinski definition) is 6. The van der Waals surface area contributed by atoms with Crippen LogP contribution in [0.5, 0.6) is 5.75 Å². The number of anilines is 1. The van der Waals surface area contributed by atoms with Crippen LogP contribution in [0, 0.1) is 5.69 Å². The maximum atomic E-state index is 13.5. The lowest BCUT2D eigenvalue weighted by molar-refractivity contribution is 0.205. The van der Waals surface area contributed by atoms with Crippen LogP contribution >= 0.6 is 11.6 Å². The monoisotopic (exact) mass is 509 g/mol. The van der Waals surface area contributed by atoms with Gasteiger partial charge >= 0.3 is 5.56 Å². The average Bonchev–Trinajstić information content (AvgIpc) is 3.39.